The van der Waals surface area contributed by atoms with Crippen molar-refractivity contribution >= 4 is 34.7 Å². The van der Waals surface area contributed by atoms with Gasteiger partial charge in [-0.2, -0.15) is 0 Å². The highest BCUT2D eigenvalue weighted by atomic mass is 35.5. The summed E-state index contributed by atoms with van der Waals surface area (Å²) in [6, 6.07) is 4.79. The van der Waals surface area contributed by atoms with Crippen molar-refractivity contribution in [1.29, 1.82) is 0 Å². The zero-order chi connectivity index (χ0) is 11.0. The Hall–Kier alpha value is -1.39. The molecule has 76 valence electrons. The van der Waals surface area contributed by atoms with Crippen molar-refractivity contribution in [3.05, 3.63) is 39.6 Å². The fourth-order valence-corrected chi connectivity index (χ4v) is 1.53. The van der Waals surface area contributed by atoms with Gasteiger partial charge in [-0.1, -0.05) is 29.3 Å². The van der Waals surface area contributed by atoms with E-state index in [-0.39, 0.29) is 11.4 Å². The molecule has 2 rings (SSSR count). The van der Waals surface area contributed by atoms with Gasteiger partial charge >= 0.3 is 0 Å². The van der Waals surface area contributed by atoms with Crippen molar-refractivity contribution in [3.8, 4) is 0 Å². The van der Waals surface area contributed by atoms with Crippen LogP contribution in [0.1, 0.15) is 5.56 Å². The molecule has 0 unspecified atom stereocenters. The number of azo groups is 1. The van der Waals surface area contributed by atoms with E-state index in [1.54, 1.807) is 18.2 Å². The lowest BCUT2D eigenvalue weighted by atomic mass is 10.1. The summed E-state index contributed by atoms with van der Waals surface area (Å²) in [6.45, 7) is 0. The van der Waals surface area contributed by atoms with Crippen molar-refractivity contribution in [2.75, 3.05) is 0 Å². The van der Waals surface area contributed by atoms with Crippen LogP contribution in [0.15, 0.2) is 34.2 Å². The summed E-state index contributed by atoms with van der Waals surface area (Å²) in [4.78, 5) is 11.3. The number of carbonyl (C=O) groups excluding carboxylic acids is 1. The molecule has 15 heavy (non-hydrogen) atoms. The Morgan fingerprint density at radius 3 is 2.40 bits per heavy atom. The molecule has 0 saturated heterocycles. The predicted octanol–water partition coefficient (Wildman–Crippen LogP) is 2.61. The van der Waals surface area contributed by atoms with Gasteiger partial charge in [-0.3, -0.25) is 4.79 Å². The number of benzene rings is 1. The maximum atomic E-state index is 11.3. The molecular weight excluding hydrogens is 237 g/mol. The summed E-state index contributed by atoms with van der Waals surface area (Å²) in [5.41, 5.74) is 6.34. The predicted molar refractivity (Wildman–Crippen MR) is 57.4 cm³/mol. The van der Waals surface area contributed by atoms with E-state index in [4.69, 9.17) is 28.9 Å². The topological polar surface area (TPSA) is 67.8 Å². The number of hydrogen-bond acceptors (Lipinski definition) is 3. The van der Waals surface area contributed by atoms with Crippen LogP contribution in [0.3, 0.4) is 0 Å². The number of carbonyl (C=O) groups is 1. The standard InChI is InChI=1S/C9H5Cl2N3O/c10-5-2-1-4(3-6(5)11)7-8(12)13-14-9(7)15/h1-3H,12H2. The summed E-state index contributed by atoms with van der Waals surface area (Å²) < 4.78 is 0. The van der Waals surface area contributed by atoms with Crippen LogP contribution < -0.4 is 5.73 Å². The SMILES string of the molecule is NC1=C(c2ccc(Cl)c(Cl)c2)C(=O)N=N1. The minimum absolute atomic E-state index is 0.0957. The van der Waals surface area contributed by atoms with Crippen molar-refractivity contribution in [1.82, 2.24) is 0 Å². The molecule has 0 atom stereocenters. The highest BCUT2D eigenvalue weighted by Gasteiger charge is 2.21. The lowest BCUT2D eigenvalue weighted by Gasteiger charge is -2.02. The van der Waals surface area contributed by atoms with Crippen LogP contribution in [-0.2, 0) is 4.79 Å². The normalized spacial score (nSPS) is 15.2. The molecular formula is C9H5Cl2N3O. The zero-order valence-corrected chi connectivity index (χ0v) is 8.88. The first-order valence-electron chi connectivity index (χ1n) is 4.01. The number of rotatable bonds is 1. The van der Waals surface area contributed by atoms with Crippen LogP contribution in [0.5, 0.6) is 0 Å². The van der Waals surface area contributed by atoms with Gasteiger partial charge in [0, 0.05) is 0 Å². The summed E-state index contributed by atoms with van der Waals surface area (Å²) >= 11 is 11.6. The molecule has 1 aromatic rings. The Morgan fingerprint density at radius 2 is 1.87 bits per heavy atom. The average molecular weight is 242 g/mol. The van der Waals surface area contributed by atoms with Gasteiger partial charge in [-0.25, -0.2) is 0 Å². The third kappa shape index (κ3) is 1.73. The minimum atomic E-state index is -0.467. The first-order chi connectivity index (χ1) is 7.09. The summed E-state index contributed by atoms with van der Waals surface area (Å²) in [7, 11) is 0. The smallest absolute Gasteiger partial charge is 0.299 e. The highest BCUT2D eigenvalue weighted by molar-refractivity contribution is 6.42. The lowest BCUT2D eigenvalue weighted by Crippen LogP contribution is -2.00. The van der Waals surface area contributed by atoms with E-state index in [2.05, 4.69) is 10.2 Å². The third-order valence-corrected chi connectivity index (χ3v) is 2.67. The van der Waals surface area contributed by atoms with Crippen molar-refractivity contribution < 1.29 is 4.79 Å². The molecule has 0 aliphatic carbocycles. The van der Waals surface area contributed by atoms with Gasteiger partial charge in [0.25, 0.3) is 5.91 Å². The van der Waals surface area contributed by atoms with Gasteiger partial charge in [-0.05, 0) is 17.7 Å². The molecule has 0 saturated carbocycles. The van der Waals surface area contributed by atoms with E-state index in [1.807, 2.05) is 0 Å². The summed E-state index contributed by atoms with van der Waals surface area (Å²) in [6.07, 6.45) is 0. The van der Waals surface area contributed by atoms with Gasteiger partial charge in [0.15, 0.2) is 5.82 Å². The van der Waals surface area contributed by atoms with Gasteiger partial charge in [-0.15, -0.1) is 10.2 Å². The van der Waals surface area contributed by atoms with Crippen LogP contribution in [-0.4, -0.2) is 5.91 Å². The Kier molecular flexibility index (Phi) is 2.46. The molecule has 1 heterocycles. The maximum Gasteiger partial charge on any atom is 0.299 e. The second-order valence-corrected chi connectivity index (χ2v) is 3.71. The summed E-state index contributed by atoms with van der Waals surface area (Å²) in [5.74, 6) is -0.371. The number of hydrogen-bond donors (Lipinski definition) is 1. The molecule has 1 amide bonds. The Balaban J connectivity index is 2.52. The molecule has 0 spiro atoms. The second kappa shape index (κ2) is 3.64. The first-order valence-corrected chi connectivity index (χ1v) is 4.76. The maximum absolute atomic E-state index is 11.3. The van der Waals surface area contributed by atoms with Gasteiger partial charge in [0.1, 0.15) is 0 Å². The van der Waals surface area contributed by atoms with Crippen LogP contribution in [0.4, 0.5) is 0 Å². The molecule has 6 heteroatoms. The van der Waals surface area contributed by atoms with Crippen LogP contribution in [0.25, 0.3) is 5.57 Å². The monoisotopic (exact) mass is 241 g/mol. The molecule has 0 radical (unpaired) electrons. The van der Waals surface area contributed by atoms with Gasteiger partial charge in [0.2, 0.25) is 0 Å². The van der Waals surface area contributed by atoms with E-state index >= 15 is 0 Å². The van der Waals surface area contributed by atoms with Crippen LogP contribution in [0.2, 0.25) is 10.0 Å². The second-order valence-electron chi connectivity index (χ2n) is 2.89. The number of halogens is 2. The number of nitrogens with zero attached hydrogens (tertiary/aromatic N) is 2. The van der Waals surface area contributed by atoms with Crippen molar-refractivity contribution in [3.63, 3.8) is 0 Å². The largest absolute Gasteiger partial charge is 0.382 e. The molecule has 1 aliphatic rings. The molecule has 2 N–H and O–H groups in total. The zero-order valence-electron chi connectivity index (χ0n) is 7.37. The minimum Gasteiger partial charge on any atom is -0.382 e. The first kappa shape index (κ1) is 10.1. The molecule has 1 aliphatic heterocycles. The fourth-order valence-electron chi connectivity index (χ4n) is 1.23. The van der Waals surface area contributed by atoms with Gasteiger partial charge in [0.05, 0.1) is 15.6 Å². The lowest BCUT2D eigenvalue weighted by molar-refractivity contribution is -0.112. The fraction of sp³-hybridized carbons (Fsp3) is 0. The van der Waals surface area contributed by atoms with Gasteiger partial charge < -0.3 is 5.73 Å². The Morgan fingerprint density at radius 1 is 1.13 bits per heavy atom. The van der Waals surface area contributed by atoms with Crippen LogP contribution in [0, 0.1) is 0 Å². The Bertz CT molecular complexity index is 508. The molecule has 0 aromatic heterocycles. The average Bonchev–Trinajstić information content (AvgIpc) is 2.52. The Labute approximate surface area is 95.4 Å². The van der Waals surface area contributed by atoms with Crippen molar-refractivity contribution in [2.24, 2.45) is 16.0 Å². The molecule has 4 nitrogen and oxygen atoms in total. The van der Waals surface area contributed by atoms with E-state index in [0.717, 1.165) is 0 Å². The van der Waals surface area contributed by atoms with E-state index in [9.17, 15) is 4.79 Å². The number of nitrogens with two attached hydrogens (primary N) is 1. The van der Waals surface area contributed by atoms with Crippen molar-refractivity contribution in [2.45, 2.75) is 0 Å². The third-order valence-electron chi connectivity index (χ3n) is 1.93. The molecule has 0 bridgehead atoms. The quantitative estimate of drug-likeness (QED) is 0.822. The summed E-state index contributed by atoms with van der Waals surface area (Å²) in [5, 5.41) is 7.59. The highest BCUT2D eigenvalue weighted by Crippen LogP contribution is 2.29. The van der Waals surface area contributed by atoms with E-state index < -0.39 is 5.91 Å². The number of amides is 1. The molecule has 1 aromatic carbocycles. The van der Waals surface area contributed by atoms with Crippen LogP contribution >= 0.6 is 23.2 Å². The van der Waals surface area contributed by atoms with E-state index in [1.165, 1.54) is 0 Å². The van der Waals surface area contributed by atoms with E-state index in [0.29, 0.717) is 15.6 Å². The molecule has 0 fully saturated rings.